The van der Waals surface area contributed by atoms with E-state index in [2.05, 4.69) is 31.2 Å². The molecule has 24 heavy (non-hydrogen) atoms. The monoisotopic (exact) mass is 407 g/mol. The van der Waals surface area contributed by atoms with Gasteiger partial charge in [-0.3, -0.25) is 9.78 Å². The van der Waals surface area contributed by atoms with Crippen LogP contribution in [-0.4, -0.2) is 28.5 Å². The topological polar surface area (TPSA) is 54.4 Å². The number of aliphatic imine (C=N–C) groups is 1. The Morgan fingerprint density at radius 1 is 1.33 bits per heavy atom. The first-order valence-electron chi connectivity index (χ1n) is 7.40. The molecule has 0 saturated carbocycles. The summed E-state index contributed by atoms with van der Waals surface area (Å²) in [6, 6.07) is 12.4. The van der Waals surface area contributed by atoms with Gasteiger partial charge in [-0.15, -0.1) is 0 Å². The van der Waals surface area contributed by atoms with Crippen molar-refractivity contribution in [2.75, 3.05) is 12.4 Å². The van der Waals surface area contributed by atoms with Crippen LogP contribution in [0.1, 0.15) is 22.5 Å². The molecule has 1 atom stereocenters. The lowest BCUT2D eigenvalue weighted by molar-refractivity contribution is 0.0977. The Hall–Kier alpha value is -1.73. The van der Waals surface area contributed by atoms with E-state index in [1.165, 1.54) is 11.8 Å². The number of benzene rings is 1. The summed E-state index contributed by atoms with van der Waals surface area (Å²) in [5.74, 6) is 0.408. The summed E-state index contributed by atoms with van der Waals surface area (Å²) in [5.41, 5.74) is 0.0536. The fraction of sp³-hybridized carbons (Fsp3) is 0.235. The Morgan fingerprint density at radius 2 is 2.12 bits per heavy atom. The van der Waals surface area contributed by atoms with Gasteiger partial charge in [-0.25, -0.2) is 9.38 Å². The van der Waals surface area contributed by atoms with Crippen molar-refractivity contribution >= 4 is 38.8 Å². The average Bonchev–Trinajstić information content (AvgIpc) is 2.62. The summed E-state index contributed by atoms with van der Waals surface area (Å²) in [6.45, 7) is -0.665. The zero-order valence-corrected chi connectivity index (χ0v) is 15.1. The molecule has 3 rings (SSSR count). The summed E-state index contributed by atoms with van der Waals surface area (Å²) in [6.07, 6.45) is 2.15. The van der Waals surface area contributed by atoms with Crippen LogP contribution in [0.5, 0.6) is 0 Å². The predicted molar refractivity (Wildman–Crippen MR) is 98.0 cm³/mol. The number of nitrogens with zero attached hydrogens (tertiary/aromatic N) is 2. The molecular formula is C17H15BrFN3OS. The third kappa shape index (κ3) is 3.67. The van der Waals surface area contributed by atoms with Gasteiger partial charge >= 0.3 is 0 Å². The smallest absolute Gasteiger partial charge is 0.257 e. The molecular weight excluding hydrogens is 393 g/mol. The van der Waals surface area contributed by atoms with Crippen LogP contribution in [0.4, 0.5) is 4.39 Å². The van der Waals surface area contributed by atoms with Gasteiger partial charge in [0.15, 0.2) is 5.17 Å². The van der Waals surface area contributed by atoms with E-state index in [1.807, 2.05) is 6.07 Å². The summed E-state index contributed by atoms with van der Waals surface area (Å²) in [7, 11) is 0. The van der Waals surface area contributed by atoms with Crippen molar-refractivity contribution in [1.29, 1.82) is 0 Å². The van der Waals surface area contributed by atoms with E-state index in [0.717, 1.165) is 4.47 Å². The third-order valence-electron chi connectivity index (χ3n) is 3.75. The van der Waals surface area contributed by atoms with Crippen LogP contribution in [0.15, 0.2) is 58.1 Å². The van der Waals surface area contributed by atoms with Gasteiger partial charge in [-0.05, 0) is 30.7 Å². The minimum absolute atomic E-state index is 0.251. The van der Waals surface area contributed by atoms with Gasteiger partial charge in [0.25, 0.3) is 5.91 Å². The van der Waals surface area contributed by atoms with Crippen molar-refractivity contribution in [3.8, 4) is 0 Å². The zero-order valence-electron chi connectivity index (χ0n) is 12.7. The highest BCUT2D eigenvalue weighted by molar-refractivity contribution is 9.10. The van der Waals surface area contributed by atoms with E-state index in [1.54, 1.807) is 42.6 Å². The molecule has 124 valence electrons. The second-order valence-electron chi connectivity index (χ2n) is 5.36. The standard InChI is InChI=1S/C17H15BrFN3OS/c18-13-6-8-20-14(10-13)17(11-19)7-9-24-16(22-17)21-15(23)12-4-2-1-3-5-12/h1-6,8,10H,7,9,11H2,(H,21,22,23)/t17-/m1/s1. The lowest BCUT2D eigenvalue weighted by Crippen LogP contribution is -2.38. The molecule has 7 heteroatoms. The minimum Gasteiger partial charge on any atom is -0.301 e. The summed E-state index contributed by atoms with van der Waals surface area (Å²) in [4.78, 5) is 21.1. The van der Waals surface area contributed by atoms with Gasteiger partial charge in [0.2, 0.25) is 0 Å². The maximum Gasteiger partial charge on any atom is 0.257 e. The van der Waals surface area contributed by atoms with E-state index >= 15 is 0 Å². The van der Waals surface area contributed by atoms with Gasteiger partial charge in [-0.2, -0.15) is 0 Å². The predicted octanol–water partition coefficient (Wildman–Crippen LogP) is 3.93. The van der Waals surface area contributed by atoms with Crippen molar-refractivity contribution in [3.05, 3.63) is 64.4 Å². The van der Waals surface area contributed by atoms with Gasteiger partial charge < -0.3 is 5.32 Å². The Morgan fingerprint density at radius 3 is 2.83 bits per heavy atom. The number of hydrogen-bond donors (Lipinski definition) is 1. The number of pyridine rings is 1. The Kier molecular flexibility index (Phi) is 5.30. The number of aromatic nitrogens is 1. The maximum atomic E-state index is 13.9. The molecule has 0 bridgehead atoms. The molecule has 2 heterocycles. The van der Waals surface area contributed by atoms with Crippen LogP contribution < -0.4 is 5.32 Å². The summed E-state index contributed by atoms with van der Waals surface area (Å²) >= 11 is 4.80. The van der Waals surface area contributed by atoms with Gasteiger partial charge in [0.05, 0.1) is 5.69 Å². The molecule has 1 aliphatic rings. The van der Waals surface area contributed by atoms with E-state index in [9.17, 15) is 9.18 Å². The number of alkyl halides is 1. The van der Waals surface area contributed by atoms with Crippen LogP contribution in [0.25, 0.3) is 0 Å². The molecule has 1 N–H and O–H groups in total. The number of halogens is 2. The number of nitrogens with one attached hydrogen (secondary N) is 1. The van der Waals surface area contributed by atoms with Gasteiger partial charge in [-0.1, -0.05) is 45.9 Å². The zero-order chi connectivity index (χ0) is 17.0. The highest BCUT2D eigenvalue weighted by Gasteiger charge is 2.37. The van der Waals surface area contributed by atoms with E-state index in [-0.39, 0.29) is 5.91 Å². The number of amides is 1. The van der Waals surface area contributed by atoms with Gasteiger partial charge in [0, 0.05) is 22.0 Å². The molecule has 0 unspecified atom stereocenters. The van der Waals surface area contributed by atoms with Crippen molar-refractivity contribution in [2.45, 2.75) is 12.0 Å². The molecule has 1 amide bonds. The van der Waals surface area contributed by atoms with Crippen LogP contribution in [0.3, 0.4) is 0 Å². The van der Waals surface area contributed by atoms with Crippen LogP contribution in [-0.2, 0) is 5.54 Å². The molecule has 2 aromatic rings. The number of amidine groups is 1. The highest BCUT2D eigenvalue weighted by atomic mass is 79.9. The lowest BCUT2D eigenvalue weighted by Gasteiger charge is -2.31. The summed E-state index contributed by atoms with van der Waals surface area (Å²) < 4.78 is 14.7. The molecule has 0 aliphatic carbocycles. The molecule has 0 spiro atoms. The van der Waals surface area contributed by atoms with Crippen molar-refractivity contribution in [3.63, 3.8) is 0 Å². The van der Waals surface area contributed by atoms with Crippen molar-refractivity contribution in [2.24, 2.45) is 4.99 Å². The molecule has 4 nitrogen and oxygen atoms in total. The Balaban J connectivity index is 1.87. The quantitative estimate of drug-likeness (QED) is 0.838. The van der Waals surface area contributed by atoms with Crippen LogP contribution >= 0.6 is 27.7 Å². The number of rotatable bonds is 3. The molecule has 1 aromatic carbocycles. The number of carbonyl (C=O) groups excluding carboxylic acids is 1. The number of carbonyl (C=O) groups is 1. The average molecular weight is 408 g/mol. The SMILES string of the molecule is O=C(NC1=N[C@](CF)(c2cc(Br)ccn2)CCS1)c1ccccc1. The number of hydrogen-bond acceptors (Lipinski definition) is 4. The third-order valence-corrected chi connectivity index (χ3v) is 5.11. The Labute approximate surface area is 152 Å². The Bertz CT molecular complexity index is 771. The van der Waals surface area contributed by atoms with E-state index in [4.69, 9.17) is 0 Å². The highest BCUT2D eigenvalue weighted by Crippen LogP contribution is 2.36. The van der Waals surface area contributed by atoms with Crippen LogP contribution in [0, 0.1) is 0 Å². The van der Waals surface area contributed by atoms with Crippen molar-refractivity contribution < 1.29 is 9.18 Å². The minimum atomic E-state index is -1.05. The van der Waals surface area contributed by atoms with Gasteiger partial charge in [0.1, 0.15) is 12.2 Å². The molecule has 0 saturated heterocycles. The maximum absolute atomic E-state index is 13.9. The molecule has 1 aliphatic heterocycles. The molecule has 1 aromatic heterocycles. The summed E-state index contributed by atoms with van der Waals surface area (Å²) in [5, 5.41) is 3.20. The molecule has 0 fully saturated rings. The largest absolute Gasteiger partial charge is 0.301 e. The normalized spacial score (nSPS) is 20.3. The first kappa shape index (κ1) is 17.1. The second-order valence-corrected chi connectivity index (χ2v) is 7.36. The van der Waals surface area contributed by atoms with Crippen molar-refractivity contribution in [1.82, 2.24) is 10.3 Å². The number of thioether (sulfide) groups is 1. The fourth-order valence-electron chi connectivity index (χ4n) is 2.43. The first-order chi connectivity index (χ1) is 11.6. The van der Waals surface area contributed by atoms with E-state index < -0.39 is 12.2 Å². The lowest BCUT2D eigenvalue weighted by atomic mass is 9.93. The van der Waals surface area contributed by atoms with Crippen LogP contribution in [0.2, 0.25) is 0 Å². The molecule has 0 radical (unpaired) electrons. The fourth-order valence-corrected chi connectivity index (χ4v) is 3.80. The second kappa shape index (κ2) is 7.44. The van der Waals surface area contributed by atoms with E-state index in [0.29, 0.717) is 28.6 Å². The first-order valence-corrected chi connectivity index (χ1v) is 9.18.